The lowest BCUT2D eigenvalue weighted by atomic mass is 9.97. The van der Waals surface area contributed by atoms with Crippen molar-refractivity contribution in [2.75, 3.05) is 6.54 Å². The highest BCUT2D eigenvalue weighted by Gasteiger charge is 2.32. The van der Waals surface area contributed by atoms with E-state index in [1.54, 1.807) is 6.07 Å². The second-order valence-corrected chi connectivity index (χ2v) is 7.96. The van der Waals surface area contributed by atoms with Gasteiger partial charge in [0.05, 0.1) is 0 Å². The van der Waals surface area contributed by atoms with Crippen LogP contribution in [0.1, 0.15) is 36.7 Å². The smallest absolute Gasteiger partial charge is 0.356 e. The molecule has 1 heterocycles. The van der Waals surface area contributed by atoms with E-state index in [1.807, 2.05) is 25.5 Å². The first-order chi connectivity index (χ1) is 10.1. The Kier molecular flexibility index (Phi) is 4.25. The van der Waals surface area contributed by atoms with Crippen LogP contribution in [0.25, 0.3) is 0 Å². The molecule has 0 saturated heterocycles. The van der Waals surface area contributed by atoms with E-state index >= 15 is 0 Å². The van der Waals surface area contributed by atoms with Crippen LogP contribution in [0.15, 0.2) is 23.1 Å². The average molecular weight is 325 g/mol. The molecule has 1 aromatic rings. The van der Waals surface area contributed by atoms with Gasteiger partial charge in [0.2, 0.25) is 0 Å². The molecule has 0 bridgehead atoms. The fourth-order valence-corrected chi connectivity index (χ4v) is 3.23. The Morgan fingerprint density at radius 1 is 1.41 bits per heavy atom. The highest BCUT2D eigenvalue weighted by molar-refractivity contribution is 7.96. The fraction of sp³-hybridized carbons (Fsp3) is 0.429. The molecule has 1 atom stereocenters. The van der Waals surface area contributed by atoms with Crippen molar-refractivity contribution in [1.82, 2.24) is 15.4 Å². The molecule has 1 aliphatic rings. The van der Waals surface area contributed by atoms with Crippen LogP contribution < -0.4 is 15.4 Å². The highest BCUT2D eigenvalue weighted by Crippen LogP contribution is 2.26. The van der Waals surface area contributed by atoms with Gasteiger partial charge in [-0.2, -0.15) is 0 Å². The molecule has 0 aliphatic carbocycles. The van der Waals surface area contributed by atoms with Crippen molar-refractivity contribution in [3.8, 4) is 0 Å². The van der Waals surface area contributed by atoms with E-state index in [1.165, 1.54) is 12.1 Å². The summed E-state index contributed by atoms with van der Waals surface area (Å²) in [6.45, 7) is 6.23. The number of hydrogen-bond acceptors (Lipinski definition) is 4. The lowest BCUT2D eigenvalue weighted by Gasteiger charge is -2.21. The zero-order chi connectivity index (χ0) is 16.5. The van der Waals surface area contributed by atoms with Crippen LogP contribution in [0.2, 0.25) is 0 Å². The maximum absolute atomic E-state index is 12.3. The van der Waals surface area contributed by atoms with Crippen LogP contribution in [0.4, 0.5) is 4.79 Å². The molecule has 0 spiro atoms. The van der Waals surface area contributed by atoms with Gasteiger partial charge >= 0.3 is 6.03 Å². The summed E-state index contributed by atoms with van der Waals surface area (Å²) in [6, 6.07) is 3.62. The third-order valence-corrected chi connectivity index (χ3v) is 4.51. The molecule has 3 amide bonds. The summed E-state index contributed by atoms with van der Waals surface area (Å²) in [5.74, 6) is -0.316. The van der Waals surface area contributed by atoms with Gasteiger partial charge in [-0.1, -0.05) is 31.0 Å². The molecular weight excluding hydrogens is 306 g/mol. The van der Waals surface area contributed by atoms with E-state index in [-0.39, 0.29) is 22.8 Å². The van der Waals surface area contributed by atoms with Gasteiger partial charge in [-0.25, -0.2) is 4.79 Å². The Balaban J connectivity index is 2.17. The average Bonchev–Trinajstić information content (AvgIpc) is 2.77. The zero-order valence-corrected chi connectivity index (χ0v) is 13.5. The van der Waals surface area contributed by atoms with Crippen molar-refractivity contribution >= 4 is 22.3 Å². The van der Waals surface area contributed by atoms with Crippen LogP contribution >= 0.6 is 0 Å². The molecule has 2 rings (SSSR count). The van der Waals surface area contributed by atoms with Crippen molar-refractivity contribution in [1.29, 1.82) is 0 Å². The summed E-state index contributed by atoms with van der Waals surface area (Å²) < 4.78 is 26.6. The third-order valence-electron chi connectivity index (χ3n) is 3.10. The molecule has 1 unspecified atom stereocenters. The van der Waals surface area contributed by atoms with Gasteiger partial charge in [-0.15, -0.1) is 4.72 Å². The molecule has 0 fully saturated rings. The van der Waals surface area contributed by atoms with E-state index in [0.29, 0.717) is 17.7 Å². The lowest BCUT2D eigenvalue weighted by Crippen LogP contribution is -2.45. The van der Waals surface area contributed by atoms with Crippen LogP contribution in [-0.4, -0.2) is 23.0 Å². The summed E-state index contributed by atoms with van der Waals surface area (Å²) in [4.78, 5) is 23.3. The molecule has 3 N–H and O–H groups in total. The SMILES string of the molecule is CC(C)(C)CNC(=O)N[S+](=O)([O-])c1cccc2c1CNC2=O. The van der Waals surface area contributed by atoms with E-state index in [2.05, 4.69) is 10.6 Å². The number of nitrogens with one attached hydrogen (secondary N) is 3. The van der Waals surface area contributed by atoms with Crippen LogP contribution in [0, 0.1) is 5.41 Å². The molecular formula is C14H19N3O4S. The van der Waals surface area contributed by atoms with Gasteiger partial charge in [-0.3, -0.25) is 4.79 Å². The number of sulfonamides is 1. The molecule has 0 radical (unpaired) electrons. The van der Waals surface area contributed by atoms with E-state index in [0.717, 1.165) is 0 Å². The van der Waals surface area contributed by atoms with E-state index in [9.17, 15) is 18.4 Å². The summed E-state index contributed by atoms with van der Waals surface area (Å²) in [6.07, 6.45) is 0. The molecule has 1 aliphatic heterocycles. The maximum atomic E-state index is 12.3. The second-order valence-electron chi connectivity index (χ2n) is 6.31. The van der Waals surface area contributed by atoms with Crippen molar-refractivity contribution in [3.63, 3.8) is 0 Å². The maximum Gasteiger partial charge on any atom is 0.356 e. The number of rotatable bonds is 3. The van der Waals surface area contributed by atoms with Gasteiger partial charge in [0.15, 0.2) is 15.3 Å². The van der Waals surface area contributed by atoms with Crippen molar-refractivity contribution < 1.29 is 18.4 Å². The number of fused-ring (bicyclic) bond motifs is 1. The minimum Gasteiger partial charge on any atom is -0.588 e. The van der Waals surface area contributed by atoms with Crippen molar-refractivity contribution in [2.24, 2.45) is 5.41 Å². The van der Waals surface area contributed by atoms with Crippen molar-refractivity contribution in [2.45, 2.75) is 32.2 Å². The number of amides is 3. The Bertz CT molecular complexity index is 667. The van der Waals surface area contributed by atoms with E-state index < -0.39 is 16.4 Å². The largest absolute Gasteiger partial charge is 0.588 e. The normalized spacial score (nSPS) is 16.5. The zero-order valence-electron chi connectivity index (χ0n) is 12.7. The standard InChI is InChI=1S/C14H19N3O4S/c1-14(2,3)8-16-13(19)17-22(20,21)11-6-4-5-9-10(11)7-15-12(9)18/h4-6H,7-8H2,1-3H3,(H3-,15,16,17,18,19,20,21). The molecule has 1 aromatic carbocycles. The van der Waals surface area contributed by atoms with Gasteiger partial charge in [0.25, 0.3) is 5.91 Å². The topological polar surface area (TPSA) is 110 Å². The molecule has 0 aromatic heterocycles. The Labute approximate surface area is 130 Å². The second kappa shape index (κ2) is 5.69. The van der Waals surface area contributed by atoms with Gasteiger partial charge < -0.3 is 15.2 Å². The third kappa shape index (κ3) is 3.63. The summed E-state index contributed by atoms with van der Waals surface area (Å²) in [5, 5.41) is 5.08. The van der Waals surface area contributed by atoms with Gasteiger partial charge in [-0.05, 0) is 17.5 Å². The van der Waals surface area contributed by atoms with Crippen LogP contribution in [0.3, 0.4) is 0 Å². The Hall–Kier alpha value is -1.93. The first kappa shape index (κ1) is 16.4. The predicted molar refractivity (Wildman–Crippen MR) is 80.7 cm³/mol. The minimum atomic E-state index is -4.03. The number of carbonyl (C=O) groups is 2. The minimum absolute atomic E-state index is 0.0609. The number of hydrogen-bond donors (Lipinski definition) is 3. The van der Waals surface area contributed by atoms with Crippen LogP contribution in [-0.2, 0) is 21.2 Å². The summed E-state index contributed by atoms with van der Waals surface area (Å²) in [7, 11) is -4.03. The quantitative estimate of drug-likeness (QED) is 0.725. The Morgan fingerprint density at radius 3 is 2.73 bits per heavy atom. The highest BCUT2D eigenvalue weighted by atomic mass is 32.3. The molecule has 7 nitrogen and oxygen atoms in total. The summed E-state index contributed by atoms with van der Waals surface area (Å²) in [5.41, 5.74) is 0.535. The number of benzene rings is 1. The molecule has 22 heavy (non-hydrogen) atoms. The van der Waals surface area contributed by atoms with Crippen LogP contribution in [0.5, 0.6) is 0 Å². The van der Waals surface area contributed by atoms with Gasteiger partial charge in [0.1, 0.15) is 0 Å². The lowest BCUT2D eigenvalue weighted by molar-refractivity contribution is 0.0965. The molecule has 8 heteroatoms. The van der Waals surface area contributed by atoms with Gasteiger partial charge in [0, 0.05) is 24.2 Å². The number of urea groups is 1. The Morgan fingerprint density at radius 2 is 2.09 bits per heavy atom. The first-order valence-corrected chi connectivity index (χ1v) is 8.29. The fourth-order valence-electron chi connectivity index (χ4n) is 2.03. The predicted octanol–water partition coefficient (Wildman–Crippen LogP) is 1.18. The first-order valence-electron chi connectivity index (χ1n) is 6.81. The summed E-state index contributed by atoms with van der Waals surface area (Å²) >= 11 is 0. The monoisotopic (exact) mass is 325 g/mol. The molecule has 120 valence electrons. The van der Waals surface area contributed by atoms with E-state index in [4.69, 9.17) is 0 Å². The van der Waals surface area contributed by atoms with Crippen molar-refractivity contribution in [3.05, 3.63) is 29.3 Å². The molecule has 0 saturated carbocycles. The number of carbonyl (C=O) groups excluding carboxylic acids is 2.